The molecule has 144 valence electrons. The number of likely N-dealkylation sites (tertiary alicyclic amines) is 1. The lowest BCUT2D eigenvalue weighted by atomic mass is 9.98. The lowest BCUT2D eigenvalue weighted by Gasteiger charge is -2.34. The number of benzene rings is 1. The van der Waals surface area contributed by atoms with Crippen molar-refractivity contribution in [3.8, 4) is 0 Å². The fourth-order valence-corrected chi connectivity index (χ4v) is 3.05. The molecule has 1 atom stereocenters. The summed E-state index contributed by atoms with van der Waals surface area (Å²) in [7, 11) is 0. The van der Waals surface area contributed by atoms with Crippen LogP contribution in [0.25, 0.3) is 0 Å². The molecule has 1 N–H and O–H groups in total. The molecule has 1 heterocycles. The Morgan fingerprint density at radius 1 is 1.38 bits per heavy atom. The third-order valence-corrected chi connectivity index (χ3v) is 4.33. The van der Waals surface area contributed by atoms with E-state index in [1.165, 1.54) is 12.1 Å². The van der Waals surface area contributed by atoms with Gasteiger partial charge in [0.25, 0.3) is 0 Å². The molecule has 1 saturated heterocycles. The molecule has 0 aliphatic carbocycles. The number of nitrogens with one attached hydrogen (secondary N) is 1. The highest BCUT2D eigenvalue weighted by atomic mass is 19.1. The second-order valence-corrected chi connectivity index (χ2v) is 6.26. The van der Waals surface area contributed by atoms with E-state index in [1.807, 2.05) is 6.92 Å². The summed E-state index contributed by atoms with van der Waals surface area (Å²) >= 11 is 0. The lowest BCUT2D eigenvalue weighted by Crippen LogP contribution is -2.48. The van der Waals surface area contributed by atoms with Gasteiger partial charge in [-0.1, -0.05) is 6.07 Å². The minimum atomic E-state index is -0.582. The summed E-state index contributed by atoms with van der Waals surface area (Å²) in [6, 6.07) is 3.59. The number of esters is 1. The molecule has 0 saturated carbocycles. The van der Waals surface area contributed by atoms with Crippen LogP contribution in [0.2, 0.25) is 0 Å². The Bertz CT molecular complexity index is 637. The zero-order valence-corrected chi connectivity index (χ0v) is 15.4. The van der Waals surface area contributed by atoms with Gasteiger partial charge in [0.1, 0.15) is 11.6 Å². The van der Waals surface area contributed by atoms with Crippen LogP contribution < -0.4 is 5.32 Å². The van der Waals surface area contributed by atoms with Gasteiger partial charge < -0.3 is 15.0 Å². The second kappa shape index (κ2) is 10.1. The van der Waals surface area contributed by atoms with Crippen LogP contribution in [-0.2, 0) is 16.0 Å². The number of guanidine groups is 1. The third-order valence-electron chi connectivity index (χ3n) is 4.33. The number of aliphatic imine (C=N–C) groups is 1. The topological polar surface area (TPSA) is 53.9 Å². The van der Waals surface area contributed by atoms with Crippen molar-refractivity contribution < 1.29 is 18.3 Å². The molecule has 7 heteroatoms. The molecule has 1 aliphatic heterocycles. The number of halogens is 2. The number of piperidine rings is 1. The van der Waals surface area contributed by atoms with Gasteiger partial charge in [-0.3, -0.25) is 9.79 Å². The van der Waals surface area contributed by atoms with Crippen molar-refractivity contribution in [3.63, 3.8) is 0 Å². The van der Waals surface area contributed by atoms with Crippen LogP contribution in [-0.4, -0.2) is 49.6 Å². The number of hydrogen-bond acceptors (Lipinski definition) is 3. The summed E-state index contributed by atoms with van der Waals surface area (Å²) in [6.07, 6.45) is 2.09. The predicted octanol–water partition coefficient (Wildman–Crippen LogP) is 2.75. The van der Waals surface area contributed by atoms with Crippen LogP contribution in [0.15, 0.2) is 23.2 Å². The van der Waals surface area contributed by atoms with E-state index in [0.717, 1.165) is 25.5 Å². The summed E-state index contributed by atoms with van der Waals surface area (Å²) < 4.78 is 31.8. The first kappa shape index (κ1) is 20.1. The van der Waals surface area contributed by atoms with Gasteiger partial charge in [0.05, 0.1) is 12.5 Å². The molecule has 0 radical (unpaired) electrons. The lowest BCUT2D eigenvalue weighted by molar-refractivity contribution is -0.149. The Labute approximate surface area is 153 Å². The Balaban J connectivity index is 1.99. The van der Waals surface area contributed by atoms with Crippen LogP contribution in [0, 0.1) is 17.6 Å². The Morgan fingerprint density at radius 2 is 2.19 bits per heavy atom. The van der Waals surface area contributed by atoms with Gasteiger partial charge in [0.15, 0.2) is 5.96 Å². The van der Waals surface area contributed by atoms with Crippen LogP contribution in [0.1, 0.15) is 32.3 Å². The molecule has 0 bridgehead atoms. The van der Waals surface area contributed by atoms with E-state index in [2.05, 4.69) is 15.2 Å². The molecular formula is C19H27F2N3O2. The van der Waals surface area contributed by atoms with Gasteiger partial charge >= 0.3 is 5.97 Å². The first-order chi connectivity index (χ1) is 12.5. The van der Waals surface area contributed by atoms with Gasteiger partial charge in [-0.25, -0.2) is 8.78 Å². The standard InChI is InChI=1S/C19H27F2N3O2/c1-3-22-19(23-10-9-14-7-8-16(20)12-17(14)21)24-11-5-6-15(13-24)18(25)26-4-2/h7-8,12,15H,3-6,9-11,13H2,1-2H3,(H,22,23)/t15-/m1/s1. The van der Waals surface area contributed by atoms with Crippen molar-refractivity contribution in [2.75, 3.05) is 32.8 Å². The maximum atomic E-state index is 13.7. The second-order valence-electron chi connectivity index (χ2n) is 6.26. The number of ether oxygens (including phenoxy) is 1. The Morgan fingerprint density at radius 3 is 2.88 bits per heavy atom. The highest BCUT2D eigenvalue weighted by Crippen LogP contribution is 2.18. The van der Waals surface area contributed by atoms with E-state index in [-0.39, 0.29) is 11.9 Å². The van der Waals surface area contributed by atoms with Crippen molar-refractivity contribution >= 4 is 11.9 Å². The molecule has 0 aromatic heterocycles. The molecule has 1 aromatic carbocycles. The number of carbonyl (C=O) groups excluding carboxylic acids is 1. The predicted molar refractivity (Wildman–Crippen MR) is 97.0 cm³/mol. The largest absolute Gasteiger partial charge is 0.466 e. The van der Waals surface area contributed by atoms with Gasteiger partial charge in [0.2, 0.25) is 0 Å². The molecule has 2 rings (SSSR count). The van der Waals surface area contributed by atoms with Crippen molar-refractivity contribution in [1.82, 2.24) is 10.2 Å². The van der Waals surface area contributed by atoms with Crippen LogP contribution in [0.4, 0.5) is 8.78 Å². The average molecular weight is 367 g/mol. The first-order valence-corrected chi connectivity index (χ1v) is 9.19. The molecule has 26 heavy (non-hydrogen) atoms. The number of hydrogen-bond donors (Lipinski definition) is 1. The SMILES string of the molecule is CCNC(=NCCc1ccc(F)cc1F)N1CCC[C@@H](C(=O)OCC)C1. The molecule has 0 unspecified atom stereocenters. The highest BCUT2D eigenvalue weighted by molar-refractivity contribution is 5.81. The number of nitrogens with zero attached hydrogens (tertiary/aromatic N) is 2. The minimum absolute atomic E-state index is 0.151. The van der Waals surface area contributed by atoms with E-state index in [4.69, 9.17) is 4.74 Å². The molecule has 1 aromatic rings. The van der Waals surface area contributed by atoms with Gasteiger partial charge in [-0.05, 0) is 44.7 Å². The van der Waals surface area contributed by atoms with E-state index < -0.39 is 11.6 Å². The van der Waals surface area contributed by atoms with E-state index >= 15 is 0 Å². The van der Waals surface area contributed by atoms with E-state index in [1.54, 1.807) is 6.92 Å². The molecule has 5 nitrogen and oxygen atoms in total. The summed E-state index contributed by atoms with van der Waals surface area (Å²) in [6.45, 7) is 6.62. The highest BCUT2D eigenvalue weighted by Gasteiger charge is 2.28. The Kier molecular flexibility index (Phi) is 7.81. The molecular weight excluding hydrogens is 340 g/mol. The molecule has 0 amide bonds. The van der Waals surface area contributed by atoms with Crippen LogP contribution in [0.3, 0.4) is 0 Å². The monoisotopic (exact) mass is 367 g/mol. The van der Waals surface area contributed by atoms with Gasteiger partial charge in [0, 0.05) is 32.2 Å². The molecule has 1 fully saturated rings. The zero-order chi connectivity index (χ0) is 18.9. The minimum Gasteiger partial charge on any atom is -0.466 e. The number of rotatable bonds is 6. The van der Waals surface area contributed by atoms with Gasteiger partial charge in [-0.2, -0.15) is 0 Å². The van der Waals surface area contributed by atoms with Crippen molar-refractivity contribution in [3.05, 3.63) is 35.4 Å². The fraction of sp³-hybridized carbons (Fsp3) is 0.579. The quantitative estimate of drug-likeness (QED) is 0.477. The Hall–Kier alpha value is -2.18. The van der Waals surface area contributed by atoms with Crippen molar-refractivity contribution in [2.24, 2.45) is 10.9 Å². The van der Waals surface area contributed by atoms with E-state index in [0.29, 0.717) is 44.2 Å². The molecule has 0 spiro atoms. The molecule has 1 aliphatic rings. The summed E-state index contributed by atoms with van der Waals surface area (Å²) in [4.78, 5) is 18.6. The maximum absolute atomic E-state index is 13.7. The maximum Gasteiger partial charge on any atom is 0.310 e. The first-order valence-electron chi connectivity index (χ1n) is 9.19. The summed E-state index contributed by atoms with van der Waals surface area (Å²) in [5.74, 6) is -0.737. The smallest absolute Gasteiger partial charge is 0.310 e. The third kappa shape index (κ3) is 5.68. The summed E-state index contributed by atoms with van der Waals surface area (Å²) in [5.41, 5.74) is 0.439. The van der Waals surface area contributed by atoms with Crippen LogP contribution >= 0.6 is 0 Å². The number of carbonyl (C=O) groups is 1. The average Bonchev–Trinajstić information content (AvgIpc) is 2.63. The normalized spacial score (nSPS) is 17.9. The van der Waals surface area contributed by atoms with E-state index in [9.17, 15) is 13.6 Å². The fourth-order valence-electron chi connectivity index (χ4n) is 3.05. The summed E-state index contributed by atoms with van der Waals surface area (Å²) in [5, 5.41) is 3.22. The van der Waals surface area contributed by atoms with Gasteiger partial charge in [-0.15, -0.1) is 0 Å². The van der Waals surface area contributed by atoms with Crippen molar-refractivity contribution in [2.45, 2.75) is 33.1 Å². The van der Waals surface area contributed by atoms with Crippen molar-refractivity contribution in [1.29, 1.82) is 0 Å². The zero-order valence-electron chi connectivity index (χ0n) is 15.4. The van der Waals surface area contributed by atoms with Crippen LogP contribution in [0.5, 0.6) is 0 Å².